The van der Waals surface area contributed by atoms with Gasteiger partial charge in [0.2, 0.25) is 0 Å². The zero-order chi connectivity index (χ0) is 18.6. The molecule has 0 radical (unpaired) electrons. The zero-order valence-electron chi connectivity index (χ0n) is 15.3. The molecule has 1 aromatic carbocycles. The van der Waals surface area contributed by atoms with Crippen LogP contribution in [0.1, 0.15) is 6.92 Å². The highest BCUT2D eigenvalue weighted by Crippen LogP contribution is 2.27. The quantitative estimate of drug-likeness (QED) is 0.685. The van der Waals surface area contributed by atoms with Gasteiger partial charge in [-0.05, 0) is 30.8 Å². The largest absolute Gasteiger partial charge is 0.354 e. The first-order valence-electron chi connectivity index (χ1n) is 9.25. The van der Waals surface area contributed by atoms with E-state index in [2.05, 4.69) is 27.8 Å². The average Bonchev–Trinajstić information content (AvgIpc) is 2.74. The van der Waals surface area contributed by atoms with Crippen LogP contribution in [-0.4, -0.2) is 52.6 Å². The van der Waals surface area contributed by atoms with Crippen LogP contribution in [0.25, 0.3) is 22.6 Å². The van der Waals surface area contributed by atoms with Gasteiger partial charge in [-0.15, -0.1) is 0 Å². The van der Waals surface area contributed by atoms with E-state index in [0.29, 0.717) is 5.82 Å². The SMILES string of the molecule is CCN1CCN(c2cc(-c3ccc(Cl)cc3)nc(-c3cccnc3)n2)CC1. The van der Waals surface area contributed by atoms with E-state index in [-0.39, 0.29) is 0 Å². The van der Waals surface area contributed by atoms with E-state index in [1.54, 1.807) is 12.4 Å². The van der Waals surface area contributed by atoms with Gasteiger partial charge in [0.05, 0.1) is 5.69 Å². The zero-order valence-corrected chi connectivity index (χ0v) is 16.1. The Bertz CT molecular complexity index is 890. The highest BCUT2D eigenvalue weighted by Gasteiger charge is 2.19. The lowest BCUT2D eigenvalue weighted by molar-refractivity contribution is 0.270. The van der Waals surface area contributed by atoms with E-state index < -0.39 is 0 Å². The van der Waals surface area contributed by atoms with Crippen molar-refractivity contribution in [3.63, 3.8) is 0 Å². The van der Waals surface area contributed by atoms with Gasteiger partial charge >= 0.3 is 0 Å². The summed E-state index contributed by atoms with van der Waals surface area (Å²) in [6.45, 7) is 7.35. The number of anilines is 1. The summed E-state index contributed by atoms with van der Waals surface area (Å²) in [5, 5.41) is 0.719. The third-order valence-electron chi connectivity index (χ3n) is 4.92. The van der Waals surface area contributed by atoms with Crippen molar-refractivity contribution < 1.29 is 0 Å². The Kier molecular flexibility index (Phi) is 5.32. The molecule has 138 valence electrons. The molecule has 1 aliphatic heterocycles. The summed E-state index contributed by atoms with van der Waals surface area (Å²) in [6, 6.07) is 13.8. The fraction of sp³-hybridized carbons (Fsp3) is 0.286. The number of halogens is 1. The van der Waals surface area contributed by atoms with Crippen molar-refractivity contribution in [1.29, 1.82) is 0 Å². The summed E-state index contributed by atoms with van der Waals surface area (Å²) in [4.78, 5) is 18.7. The summed E-state index contributed by atoms with van der Waals surface area (Å²) < 4.78 is 0. The predicted octanol–water partition coefficient (Wildman–Crippen LogP) is 4.00. The topological polar surface area (TPSA) is 45.2 Å². The third kappa shape index (κ3) is 4.10. The second kappa shape index (κ2) is 8.03. The lowest BCUT2D eigenvalue weighted by atomic mass is 10.1. The summed E-state index contributed by atoms with van der Waals surface area (Å²) in [6.07, 6.45) is 3.57. The van der Waals surface area contributed by atoms with Gasteiger partial charge < -0.3 is 9.80 Å². The molecular formula is C21H22ClN5. The Morgan fingerprint density at radius 1 is 0.963 bits per heavy atom. The molecule has 4 rings (SSSR count). The predicted molar refractivity (Wildman–Crippen MR) is 110 cm³/mol. The van der Waals surface area contributed by atoms with Crippen molar-refractivity contribution in [2.24, 2.45) is 0 Å². The number of benzene rings is 1. The molecule has 0 bridgehead atoms. The summed E-state index contributed by atoms with van der Waals surface area (Å²) in [5.74, 6) is 1.66. The first-order chi connectivity index (χ1) is 13.2. The minimum atomic E-state index is 0.698. The smallest absolute Gasteiger partial charge is 0.163 e. The summed E-state index contributed by atoms with van der Waals surface area (Å²) >= 11 is 6.05. The van der Waals surface area contributed by atoms with Crippen molar-refractivity contribution >= 4 is 17.4 Å². The van der Waals surface area contributed by atoms with Gasteiger partial charge in [0, 0.05) is 60.8 Å². The molecule has 1 aliphatic rings. The Morgan fingerprint density at radius 2 is 1.74 bits per heavy atom. The van der Waals surface area contributed by atoms with Crippen molar-refractivity contribution in [3.8, 4) is 22.6 Å². The minimum Gasteiger partial charge on any atom is -0.354 e. The van der Waals surface area contributed by atoms with Crippen molar-refractivity contribution in [2.45, 2.75) is 6.92 Å². The monoisotopic (exact) mass is 379 g/mol. The minimum absolute atomic E-state index is 0.698. The van der Waals surface area contributed by atoms with Crippen LogP contribution in [0.2, 0.25) is 5.02 Å². The first-order valence-corrected chi connectivity index (χ1v) is 9.63. The molecule has 0 saturated carbocycles. The van der Waals surface area contributed by atoms with Crippen LogP contribution >= 0.6 is 11.6 Å². The Labute approximate surface area is 164 Å². The molecule has 1 fully saturated rings. The van der Waals surface area contributed by atoms with Gasteiger partial charge in [0.1, 0.15) is 5.82 Å². The Morgan fingerprint density at radius 3 is 2.41 bits per heavy atom. The standard InChI is InChI=1S/C21H22ClN5/c1-2-26-10-12-27(13-11-26)20-14-19(16-5-7-18(22)8-6-16)24-21(25-20)17-4-3-9-23-15-17/h3-9,14-15H,2,10-13H2,1H3. The molecule has 2 aromatic heterocycles. The van der Waals surface area contributed by atoms with Gasteiger partial charge in [-0.25, -0.2) is 9.97 Å². The van der Waals surface area contributed by atoms with Gasteiger partial charge in [-0.1, -0.05) is 30.7 Å². The molecule has 0 spiro atoms. The van der Waals surface area contributed by atoms with Crippen LogP contribution in [0.15, 0.2) is 54.9 Å². The Balaban J connectivity index is 1.74. The molecule has 0 amide bonds. The molecule has 27 heavy (non-hydrogen) atoms. The molecule has 3 heterocycles. The summed E-state index contributed by atoms with van der Waals surface area (Å²) in [7, 11) is 0. The van der Waals surface area contributed by atoms with E-state index in [4.69, 9.17) is 21.6 Å². The lowest BCUT2D eigenvalue weighted by Gasteiger charge is -2.35. The van der Waals surface area contributed by atoms with Gasteiger partial charge in [0.25, 0.3) is 0 Å². The second-order valence-corrected chi connectivity index (χ2v) is 7.04. The number of rotatable bonds is 4. The molecule has 1 saturated heterocycles. The number of hydrogen-bond acceptors (Lipinski definition) is 5. The van der Waals surface area contributed by atoms with Crippen LogP contribution in [-0.2, 0) is 0 Å². The molecule has 6 heteroatoms. The van der Waals surface area contributed by atoms with Crippen LogP contribution in [0.3, 0.4) is 0 Å². The third-order valence-corrected chi connectivity index (χ3v) is 5.17. The molecule has 0 unspecified atom stereocenters. The number of nitrogens with zero attached hydrogens (tertiary/aromatic N) is 5. The number of pyridine rings is 1. The first kappa shape index (κ1) is 17.9. The van der Waals surface area contributed by atoms with E-state index >= 15 is 0 Å². The fourth-order valence-electron chi connectivity index (χ4n) is 3.28. The molecular weight excluding hydrogens is 358 g/mol. The maximum Gasteiger partial charge on any atom is 0.163 e. The molecule has 5 nitrogen and oxygen atoms in total. The van der Waals surface area contributed by atoms with E-state index in [1.807, 2.05) is 36.4 Å². The number of piperazine rings is 1. The van der Waals surface area contributed by atoms with Gasteiger partial charge in [0.15, 0.2) is 5.82 Å². The average molecular weight is 380 g/mol. The van der Waals surface area contributed by atoms with Crippen LogP contribution in [0.5, 0.6) is 0 Å². The molecule has 3 aromatic rings. The van der Waals surface area contributed by atoms with Gasteiger partial charge in [-0.3, -0.25) is 4.98 Å². The second-order valence-electron chi connectivity index (χ2n) is 6.60. The maximum atomic E-state index is 6.05. The van der Waals surface area contributed by atoms with E-state index in [1.165, 1.54) is 0 Å². The fourth-order valence-corrected chi connectivity index (χ4v) is 3.41. The molecule has 0 atom stereocenters. The highest BCUT2D eigenvalue weighted by molar-refractivity contribution is 6.30. The van der Waals surface area contributed by atoms with Crippen LogP contribution in [0.4, 0.5) is 5.82 Å². The lowest BCUT2D eigenvalue weighted by Crippen LogP contribution is -2.46. The van der Waals surface area contributed by atoms with E-state index in [9.17, 15) is 0 Å². The number of likely N-dealkylation sites (N-methyl/N-ethyl adjacent to an activating group) is 1. The number of hydrogen-bond donors (Lipinski definition) is 0. The van der Waals surface area contributed by atoms with Crippen molar-refractivity contribution in [1.82, 2.24) is 19.9 Å². The van der Waals surface area contributed by atoms with Crippen LogP contribution < -0.4 is 4.90 Å². The van der Waals surface area contributed by atoms with Crippen molar-refractivity contribution in [3.05, 3.63) is 59.9 Å². The molecule has 0 N–H and O–H groups in total. The van der Waals surface area contributed by atoms with Crippen LogP contribution in [0, 0.1) is 0 Å². The van der Waals surface area contributed by atoms with E-state index in [0.717, 1.165) is 60.4 Å². The molecule has 0 aliphatic carbocycles. The maximum absolute atomic E-state index is 6.05. The van der Waals surface area contributed by atoms with Gasteiger partial charge in [-0.2, -0.15) is 0 Å². The highest BCUT2D eigenvalue weighted by atomic mass is 35.5. The number of aromatic nitrogens is 3. The normalized spacial score (nSPS) is 15.1. The summed E-state index contributed by atoms with van der Waals surface area (Å²) in [5.41, 5.74) is 2.84. The Hall–Kier alpha value is -2.50. The van der Waals surface area contributed by atoms with Crippen molar-refractivity contribution in [2.75, 3.05) is 37.6 Å².